The molecule has 0 bridgehead atoms. The standard InChI is InChI=1S/C15H29N4O3/c1-10(2)8-13(19-14(21)11(3)17)15(22)18-12(9-20)6-4-5-7-16/h10-13H,4-8,16-17H2,1-3H3,(H,18,22)(H,19,21)/t11-,12-,13-/m0/s1. The van der Waals surface area contributed by atoms with Crippen LogP contribution >= 0.6 is 0 Å². The van der Waals surface area contributed by atoms with Gasteiger partial charge in [-0.1, -0.05) is 13.8 Å². The number of rotatable bonds is 11. The third-order valence-corrected chi connectivity index (χ3v) is 3.16. The highest BCUT2D eigenvalue weighted by Crippen LogP contribution is 2.07. The Balaban J connectivity index is 4.65. The normalized spacial score (nSPS) is 15.0. The minimum atomic E-state index is -0.705. The molecule has 0 aromatic rings. The number of hydrogen-bond acceptors (Lipinski definition) is 5. The fourth-order valence-corrected chi connectivity index (χ4v) is 1.93. The monoisotopic (exact) mass is 313 g/mol. The van der Waals surface area contributed by atoms with E-state index < -0.39 is 24.0 Å². The van der Waals surface area contributed by atoms with Crippen LogP contribution in [0.4, 0.5) is 0 Å². The van der Waals surface area contributed by atoms with Crippen LogP contribution in [0, 0.1) is 5.92 Å². The van der Waals surface area contributed by atoms with Gasteiger partial charge in [-0.05, 0) is 45.1 Å². The van der Waals surface area contributed by atoms with Gasteiger partial charge in [0.25, 0.3) is 0 Å². The van der Waals surface area contributed by atoms with Crippen LogP contribution in [-0.2, 0) is 14.4 Å². The summed E-state index contributed by atoms with van der Waals surface area (Å²) in [7, 11) is 0. The van der Waals surface area contributed by atoms with Crippen molar-refractivity contribution in [3.63, 3.8) is 0 Å². The summed E-state index contributed by atoms with van der Waals surface area (Å²) in [5.74, 6) is -0.570. The number of amides is 2. The predicted octanol–water partition coefficient (Wildman–Crippen LogP) is -0.412. The van der Waals surface area contributed by atoms with E-state index >= 15 is 0 Å². The molecule has 1 radical (unpaired) electrons. The van der Waals surface area contributed by atoms with E-state index in [0.717, 1.165) is 12.8 Å². The third kappa shape index (κ3) is 8.74. The molecule has 0 aromatic heterocycles. The Morgan fingerprint density at radius 3 is 2.18 bits per heavy atom. The SMILES string of the molecule is CC(C)C[C@H](NC(=O)[C@H](C)N)C(=O)N[C@H]([C]=O)CCCCN. The Bertz CT molecular complexity index is 359. The zero-order valence-electron chi connectivity index (χ0n) is 13.7. The van der Waals surface area contributed by atoms with Crippen molar-refractivity contribution in [1.29, 1.82) is 0 Å². The van der Waals surface area contributed by atoms with Crippen molar-refractivity contribution in [1.82, 2.24) is 10.6 Å². The maximum absolute atomic E-state index is 12.3. The Labute approximate surface area is 132 Å². The summed E-state index contributed by atoms with van der Waals surface area (Å²) in [5, 5.41) is 5.23. The van der Waals surface area contributed by atoms with E-state index in [1.165, 1.54) is 0 Å². The first-order valence-electron chi connectivity index (χ1n) is 7.75. The highest BCUT2D eigenvalue weighted by atomic mass is 16.2. The summed E-state index contributed by atoms with van der Waals surface area (Å²) in [6, 6.07) is -2.08. The second-order valence-electron chi connectivity index (χ2n) is 5.94. The Morgan fingerprint density at radius 2 is 1.73 bits per heavy atom. The van der Waals surface area contributed by atoms with Gasteiger partial charge in [0.15, 0.2) is 0 Å². The fraction of sp³-hybridized carbons (Fsp3) is 0.800. The molecular formula is C15H29N4O3. The summed E-state index contributed by atoms with van der Waals surface area (Å²) in [4.78, 5) is 34.9. The quantitative estimate of drug-likeness (QED) is 0.386. The lowest BCUT2D eigenvalue weighted by molar-refractivity contribution is -0.130. The van der Waals surface area contributed by atoms with Crippen molar-refractivity contribution in [3.05, 3.63) is 0 Å². The highest BCUT2D eigenvalue weighted by molar-refractivity contribution is 5.90. The molecule has 22 heavy (non-hydrogen) atoms. The molecule has 0 saturated heterocycles. The van der Waals surface area contributed by atoms with Gasteiger partial charge in [0.05, 0.1) is 12.1 Å². The molecule has 6 N–H and O–H groups in total. The Hall–Kier alpha value is -1.47. The number of nitrogens with one attached hydrogen (secondary N) is 2. The molecule has 7 heteroatoms. The molecular weight excluding hydrogens is 284 g/mol. The number of unbranched alkanes of at least 4 members (excludes halogenated alkanes) is 1. The van der Waals surface area contributed by atoms with Crippen LogP contribution in [0.3, 0.4) is 0 Å². The molecule has 0 spiro atoms. The van der Waals surface area contributed by atoms with Crippen molar-refractivity contribution in [3.8, 4) is 0 Å². The third-order valence-electron chi connectivity index (χ3n) is 3.16. The van der Waals surface area contributed by atoms with Gasteiger partial charge in [-0.15, -0.1) is 0 Å². The van der Waals surface area contributed by atoms with E-state index in [-0.39, 0.29) is 11.8 Å². The lowest BCUT2D eigenvalue weighted by Gasteiger charge is -2.22. The minimum Gasteiger partial charge on any atom is -0.344 e. The molecule has 2 amide bonds. The molecule has 127 valence electrons. The van der Waals surface area contributed by atoms with Crippen LogP contribution in [0.2, 0.25) is 0 Å². The average molecular weight is 313 g/mol. The molecule has 0 aliphatic heterocycles. The van der Waals surface area contributed by atoms with Crippen LogP contribution in [0.1, 0.15) is 46.5 Å². The van der Waals surface area contributed by atoms with E-state index in [1.807, 2.05) is 20.1 Å². The molecule has 0 heterocycles. The van der Waals surface area contributed by atoms with Crippen LogP contribution in [-0.4, -0.2) is 42.8 Å². The molecule has 0 rings (SSSR count). The Kier molecular flexibility index (Phi) is 10.4. The maximum atomic E-state index is 12.3. The van der Waals surface area contributed by atoms with Crippen LogP contribution < -0.4 is 22.1 Å². The van der Waals surface area contributed by atoms with Gasteiger partial charge in [0, 0.05) is 0 Å². The first-order chi connectivity index (χ1) is 10.3. The summed E-state index contributed by atoms with van der Waals surface area (Å²) in [6.45, 7) is 5.99. The summed E-state index contributed by atoms with van der Waals surface area (Å²) >= 11 is 0. The van der Waals surface area contributed by atoms with E-state index in [1.54, 1.807) is 6.92 Å². The fourth-order valence-electron chi connectivity index (χ4n) is 1.93. The van der Waals surface area contributed by atoms with Crippen molar-refractivity contribution < 1.29 is 14.4 Å². The number of carbonyl (C=O) groups is 2. The number of hydrogen-bond donors (Lipinski definition) is 4. The smallest absolute Gasteiger partial charge is 0.243 e. The van der Waals surface area contributed by atoms with Crippen molar-refractivity contribution >= 4 is 18.1 Å². The molecule has 0 unspecified atom stereocenters. The summed E-state index contributed by atoms with van der Waals surface area (Å²) in [5.41, 5.74) is 10.9. The lowest BCUT2D eigenvalue weighted by Crippen LogP contribution is -2.53. The van der Waals surface area contributed by atoms with Gasteiger partial charge in [0.1, 0.15) is 6.04 Å². The van der Waals surface area contributed by atoms with Gasteiger partial charge in [-0.2, -0.15) is 0 Å². The molecule has 3 atom stereocenters. The summed E-state index contributed by atoms with van der Waals surface area (Å²) < 4.78 is 0. The van der Waals surface area contributed by atoms with Gasteiger partial charge in [0.2, 0.25) is 18.1 Å². The van der Waals surface area contributed by atoms with Crippen molar-refractivity contribution in [2.24, 2.45) is 17.4 Å². The average Bonchev–Trinajstić information content (AvgIpc) is 2.44. The molecule has 0 aliphatic rings. The van der Waals surface area contributed by atoms with Gasteiger partial charge in [-0.25, -0.2) is 0 Å². The Morgan fingerprint density at radius 1 is 1.09 bits per heavy atom. The molecule has 0 aliphatic carbocycles. The second-order valence-corrected chi connectivity index (χ2v) is 5.94. The number of carbonyl (C=O) groups excluding carboxylic acids is 3. The van der Waals surface area contributed by atoms with Gasteiger partial charge >= 0.3 is 0 Å². The summed E-state index contributed by atoms with van der Waals surface area (Å²) in [6.07, 6.45) is 4.29. The first-order valence-corrected chi connectivity index (χ1v) is 7.75. The minimum absolute atomic E-state index is 0.208. The van der Waals surface area contributed by atoms with Crippen LogP contribution in [0.15, 0.2) is 0 Å². The van der Waals surface area contributed by atoms with Gasteiger partial charge in [-0.3, -0.25) is 14.4 Å². The van der Waals surface area contributed by atoms with Crippen molar-refractivity contribution in [2.75, 3.05) is 6.54 Å². The van der Waals surface area contributed by atoms with Gasteiger partial charge < -0.3 is 22.1 Å². The van der Waals surface area contributed by atoms with Crippen LogP contribution in [0.5, 0.6) is 0 Å². The predicted molar refractivity (Wildman–Crippen MR) is 85.6 cm³/mol. The first kappa shape index (κ1) is 20.5. The second kappa shape index (κ2) is 11.1. The zero-order valence-corrected chi connectivity index (χ0v) is 13.7. The molecule has 7 nitrogen and oxygen atoms in total. The van der Waals surface area contributed by atoms with E-state index in [9.17, 15) is 14.4 Å². The van der Waals surface area contributed by atoms with E-state index in [2.05, 4.69) is 10.6 Å². The molecule has 0 fully saturated rings. The lowest BCUT2D eigenvalue weighted by atomic mass is 10.0. The van der Waals surface area contributed by atoms with E-state index in [0.29, 0.717) is 19.4 Å². The largest absolute Gasteiger partial charge is 0.344 e. The van der Waals surface area contributed by atoms with Crippen LogP contribution in [0.25, 0.3) is 0 Å². The number of nitrogens with two attached hydrogens (primary N) is 2. The van der Waals surface area contributed by atoms with E-state index in [4.69, 9.17) is 11.5 Å². The highest BCUT2D eigenvalue weighted by Gasteiger charge is 2.25. The topological polar surface area (TPSA) is 127 Å². The molecule has 0 aromatic carbocycles. The zero-order chi connectivity index (χ0) is 17.1. The molecule has 0 saturated carbocycles. The van der Waals surface area contributed by atoms with Crippen molar-refractivity contribution in [2.45, 2.75) is 64.6 Å². The maximum Gasteiger partial charge on any atom is 0.243 e.